The molecule has 0 saturated heterocycles. The van der Waals surface area contributed by atoms with Crippen molar-refractivity contribution in [3.63, 3.8) is 0 Å². The van der Waals surface area contributed by atoms with Crippen LogP contribution in [0.25, 0.3) is 0 Å². The zero-order chi connectivity index (χ0) is 16.7. The Hall–Kier alpha value is -1.71. The number of methoxy groups -OCH3 is 2. The predicted molar refractivity (Wildman–Crippen MR) is 103 cm³/mol. The van der Waals surface area contributed by atoms with Gasteiger partial charge in [-0.25, -0.2) is 0 Å². The fraction of sp³-hybridized carbons (Fsp3) is 0.400. The van der Waals surface area contributed by atoms with Crippen molar-refractivity contribution in [1.29, 1.82) is 0 Å². The fourth-order valence-electron chi connectivity index (χ4n) is 3.01. The minimum Gasteiger partial charge on any atom is -0.496 e. The van der Waals surface area contributed by atoms with E-state index in [1.54, 1.807) is 14.2 Å². The fourth-order valence-corrected chi connectivity index (χ4v) is 3.01. The second kappa shape index (κ2) is 10.2. The molecule has 2 aromatic carbocycles. The highest BCUT2D eigenvalue weighted by Gasteiger charge is 2.13. The van der Waals surface area contributed by atoms with E-state index in [2.05, 4.69) is 43.4 Å². The number of ether oxygens (including phenoxy) is 2. The SMILES string of the molecule is COc1ccccc1CC(C)NC(C)Cc1ccccc1OC.Cl. The first-order valence-electron chi connectivity index (χ1n) is 8.14. The van der Waals surface area contributed by atoms with Crippen LogP contribution in [0.15, 0.2) is 48.5 Å². The first-order valence-corrected chi connectivity index (χ1v) is 8.14. The van der Waals surface area contributed by atoms with Crippen LogP contribution in [0.1, 0.15) is 25.0 Å². The molecule has 0 aliphatic heterocycles. The third-order valence-electron chi connectivity index (χ3n) is 4.01. The van der Waals surface area contributed by atoms with Crippen molar-refractivity contribution < 1.29 is 9.47 Å². The summed E-state index contributed by atoms with van der Waals surface area (Å²) in [4.78, 5) is 0. The highest BCUT2D eigenvalue weighted by molar-refractivity contribution is 5.85. The van der Waals surface area contributed by atoms with Crippen LogP contribution in [0, 0.1) is 0 Å². The molecular weight excluding hydrogens is 322 g/mol. The number of halogens is 1. The summed E-state index contributed by atoms with van der Waals surface area (Å²) in [5, 5.41) is 3.67. The molecule has 4 heteroatoms. The topological polar surface area (TPSA) is 30.5 Å². The molecule has 2 atom stereocenters. The largest absolute Gasteiger partial charge is 0.496 e. The Labute approximate surface area is 151 Å². The van der Waals surface area contributed by atoms with E-state index in [0.29, 0.717) is 12.1 Å². The van der Waals surface area contributed by atoms with Crippen molar-refractivity contribution in [2.75, 3.05) is 14.2 Å². The summed E-state index contributed by atoms with van der Waals surface area (Å²) < 4.78 is 10.9. The van der Waals surface area contributed by atoms with Crippen molar-refractivity contribution in [2.45, 2.75) is 38.8 Å². The van der Waals surface area contributed by atoms with Crippen LogP contribution in [-0.2, 0) is 12.8 Å². The lowest BCUT2D eigenvalue weighted by Gasteiger charge is -2.21. The number of rotatable bonds is 8. The van der Waals surface area contributed by atoms with Gasteiger partial charge in [-0.1, -0.05) is 36.4 Å². The van der Waals surface area contributed by atoms with Crippen LogP contribution < -0.4 is 14.8 Å². The zero-order valence-corrected chi connectivity index (χ0v) is 15.7. The van der Waals surface area contributed by atoms with E-state index >= 15 is 0 Å². The van der Waals surface area contributed by atoms with Gasteiger partial charge in [-0.05, 0) is 49.9 Å². The third kappa shape index (κ3) is 5.73. The van der Waals surface area contributed by atoms with Crippen molar-refractivity contribution >= 4 is 12.4 Å². The van der Waals surface area contributed by atoms with Gasteiger partial charge in [0, 0.05) is 12.1 Å². The number of para-hydroxylation sites is 2. The number of benzene rings is 2. The van der Waals surface area contributed by atoms with Crippen LogP contribution >= 0.6 is 12.4 Å². The highest BCUT2D eigenvalue weighted by atomic mass is 35.5. The Morgan fingerprint density at radius 2 is 1.12 bits per heavy atom. The summed E-state index contributed by atoms with van der Waals surface area (Å²) >= 11 is 0. The smallest absolute Gasteiger partial charge is 0.122 e. The Bertz CT molecular complexity index is 565. The van der Waals surface area contributed by atoms with Crippen LogP contribution in [-0.4, -0.2) is 26.3 Å². The van der Waals surface area contributed by atoms with E-state index in [1.165, 1.54) is 11.1 Å². The van der Waals surface area contributed by atoms with Gasteiger partial charge >= 0.3 is 0 Å². The van der Waals surface area contributed by atoms with E-state index in [9.17, 15) is 0 Å². The molecule has 0 aliphatic rings. The van der Waals surface area contributed by atoms with Gasteiger partial charge in [0.1, 0.15) is 11.5 Å². The minimum atomic E-state index is 0. The first-order chi connectivity index (χ1) is 11.1. The standard InChI is InChI=1S/C20H27NO2.ClH/c1-15(13-17-9-5-7-11-19(17)22-3)21-16(2)14-18-10-6-8-12-20(18)23-4;/h5-12,15-16,21H,13-14H2,1-4H3;1H. The Kier molecular flexibility index (Phi) is 8.66. The molecule has 0 aromatic heterocycles. The molecule has 0 fully saturated rings. The molecule has 132 valence electrons. The van der Waals surface area contributed by atoms with E-state index in [4.69, 9.17) is 9.47 Å². The quantitative estimate of drug-likeness (QED) is 0.771. The molecule has 0 saturated carbocycles. The summed E-state index contributed by atoms with van der Waals surface area (Å²) in [5.41, 5.74) is 2.47. The molecule has 0 heterocycles. The minimum absolute atomic E-state index is 0. The van der Waals surface area contributed by atoms with E-state index in [-0.39, 0.29) is 12.4 Å². The van der Waals surface area contributed by atoms with Gasteiger partial charge in [0.05, 0.1) is 14.2 Å². The van der Waals surface area contributed by atoms with Crippen LogP contribution in [0.4, 0.5) is 0 Å². The summed E-state index contributed by atoms with van der Waals surface area (Å²) in [6.07, 6.45) is 1.89. The summed E-state index contributed by atoms with van der Waals surface area (Å²) in [7, 11) is 3.45. The molecular formula is C20H28ClNO2. The maximum Gasteiger partial charge on any atom is 0.122 e. The Morgan fingerprint density at radius 1 is 0.750 bits per heavy atom. The second-order valence-corrected chi connectivity index (χ2v) is 6.00. The van der Waals surface area contributed by atoms with Gasteiger partial charge in [0.25, 0.3) is 0 Å². The first kappa shape index (κ1) is 20.3. The molecule has 0 aliphatic carbocycles. The van der Waals surface area contributed by atoms with Gasteiger partial charge in [-0.2, -0.15) is 0 Å². The number of hydrogen-bond donors (Lipinski definition) is 1. The average molecular weight is 350 g/mol. The van der Waals surface area contributed by atoms with E-state index in [1.807, 2.05) is 24.3 Å². The van der Waals surface area contributed by atoms with Crippen LogP contribution in [0.5, 0.6) is 11.5 Å². The molecule has 0 amide bonds. The molecule has 0 radical (unpaired) electrons. The molecule has 2 rings (SSSR count). The van der Waals surface area contributed by atoms with Gasteiger partial charge in [-0.3, -0.25) is 0 Å². The lowest BCUT2D eigenvalue weighted by Crippen LogP contribution is -2.37. The highest BCUT2D eigenvalue weighted by Crippen LogP contribution is 2.21. The monoisotopic (exact) mass is 349 g/mol. The maximum absolute atomic E-state index is 5.43. The predicted octanol–water partition coefficient (Wildman–Crippen LogP) is 4.28. The molecule has 3 nitrogen and oxygen atoms in total. The molecule has 1 N–H and O–H groups in total. The lowest BCUT2D eigenvalue weighted by molar-refractivity contribution is 0.396. The van der Waals surface area contributed by atoms with Gasteiger partial charge in [-0.15, -0.1) is 12.4 Å². The Balaban J connectivity index is 0.00000288. The molecule has 24 heavy (non-hydrogen) atoms. The third-order valence-corrected chi connectivity index (χ3v) is 4.01. The molecule has 2 unspecified atom stereocenters. The molecule has 2 aromatic rings. The van der Waals surface area contributed by atoms with E-state index < -0.39 is 0 Å². The maximum atomic E-state index is 5.43. The normalized spacial score (nSPS) is 12.8. The van der Waals surface area contributed by atoms with Gasteiger partial charge < -0.3 is 14.8 Å². The van der Waals surface area contributed by atoms with Crippen molar-refractivity contribution in [3.8, 4) is 11.5 Å². The zero-order valence-electron chi connectivity index (χ0n) is 14.9. The molecule has 0 spiro atoms. The van der Waals surface area contributed by atoms with Crippen molar-refractivity contribution in [3.05, 3.63) is 59.7 Å². The van der Waals surface area contributed by atoms with Crippen molar-refractivity contribution in [2.24, 2.45) is 0 Å². The average Bonchev–Trinajstić information content (AvgIpc) is 2.55. The van der Waals surface area contributed by atoms with Gasteiger partial charge in [0.2, 0.25) is 0 Å². The van der Waals surface area contributed by atoms with Gasteiger partial charge in [0.15, 0.2) is 0 Å². The summed E-state index contributed by atoms with van der Waals surface area (Å²) in [6, 6.07) is 17.2. The Morgan fingerprint density at radius 3 is 1.50 bits per heavy atom. The van der Waals surface area contributed by atoms with Crippen molar-refractivity contribution in [1.82, 2.24) is 5.32 Å². The lowest BCUT2D eigenvalue weighted by atomic mass is 10.0. The number of hydrogen-bond acceptors (Lipinski definition) is 3. The van der Waals surface area contributed by atoms with Crippen LogP contribution in [0.3, 0.4) is 0 Å². The van der Waals surface area contributed by atoms with Crippen LogP contribution in [0.2, 0.25) is 0 Å². The second-order valence-electron chi connectivity index (χ2n) is 6.00. The summed E-state index contributed by atoms with van der Waals surface area (Å²) in [6.45, 7) is 4.43. The summed E-state index contributed by atoms with van der Waals surface area (Å²) in [5.74, 6) is 1.91. The molecule has 0 bridgehead atoms. The van der Waals surface area contributed by atoms with E-state index in [0.717, 1.165) is 24.3 Å². The number of nitrogens with one attached hydrogen (secondary N) is 1.